The van der Waals surface area contributed by atoms with Gasteiger partial charge in [-0.3, -0.25) is 0 Å². The summed E-state index contributed by atoms with van der Waals surface area (Å²) in [6, 6.07) is 20.0. The van der Waals surface area contributed by atoms with E-state index in [4.69, 9.17) is 4.74 Å². The quantitative estimate of drug-likeness (QED) is 0.296. The fourth-order valence-electron chi connectivity index (χ4n) is 3.17. The van der Waals surface area contributed by atoms with Crippen molar-refractivity contribution in [1.29, 1.82) is 0 Å². The Morgan fingerprint density at radius 1 is 0.500 bits per heavy atom. The second-order valence-electron chi connectivity index (χ2n) is 7.62. The molecule has 0 aliphatic heterocycles. The molecular formula is C27H42O. The van der Waals surface area contributed by atoms with Crippen LogP contribution in [0.25, 0.3) is 0 Å². The van der Waals surface area contributed by atoms with Gasteiger partial charge in [0.25, 0.3) is 0 Å². The highest BCUT2D eigenvalue weighted by atomic mass is 16.5. The van der Waals surface area contributed by atoms with Crippen molar-refractivity contribution in [1.82, 2.24) is 0 Å². The van der Waals surface area contributed by atoms with Crippen molar-refractivity contribution in [2.45, 2.75) is 97.5 Å². The molecule has 156 valence electrons. The van der Waals surface area contributed by atoms with Gasteiger partial charge < -0.3 is 4.74 Å². The molecule has 0 saturated heterocycles. The number of benzene rings is 2. The smallest absolute Gasteiger partial charge is 0.119 e. The molecule has 0 unspecified atom stereocenters. The van der Waals surface area contributed by atoms with Crippen molar-refractivity contribution in [3.8, 4) is 5.75 Å². The first-order chi connectivity index (χ1) is 13.9. The van der Waals surface area contributed by atoms with Crippen LogP contribution in [0.4, 0.5) is 0 Å². The summed E-state index contributed by atoms with van der Waals surface area (Å²) in [5, 5.41) is 0. The summed E-state index contributed by atoms with van der Waals surface area (Å²) in [4.78, 5) is 0. The molecule has 0 N–H and O–H groups in total. The SMILES string of the molecule is CCCCCCCCCCCCCC.c1ccc(COc2ccccc2)cc1. The zero-order valence-electron chi connectivity index (χ0n) is 18.4. The van der Waals surface area contributed by atoms with Crippen molar-refractivity contribution in [3.63, 3.8) is 0 Å². The van der Waals surface area contributed by atoms with Crippen molar-refractivity contribution in [3.05, 3.63) is 66.2 Å². The third kappa shape index (κ3) is 14.3. The maximum Gasteiger partial charge on any atom is 0.119 e. The minimum absolute atomic E-state index is 0.630. The van der Waals surface area contributed by atoms with E-state index in [1.807, 2.05) is 48.5 Å². The van der Waals surface area contributed by atoms with Gasteiger partial charge in [-0.2, -0.15) is 0 Å². The lowest BCUT2D eigenvalue weighted by Gasteiger charge is -2.05. The number of hydrogen-bond acceptors (Lipinski definition) is 1. The Kier molecular flexibility index (Phi) is 16.1. The highest BCUT2D eigenvalue weighted by molar-refractivity contribution is 5.22. The van der Waals surface area contributed by atoms with Gasteiger partial charge in [-0.05, 0) is 17.7 Å². The Bertz CT molecular complexity index is 483. The van der Waals surface area contributed by atoms with Crippen LogP contribution in [-0.2, 0) is 6.61 Å². The van der Waals surface area contributed by atoms with Crippen LogP contribution in [0.5, 0.6) is 5.75 Å². The first-order valence-corrected chi connectivity index (χ1v) is 11.6. The number of unbranched alkanes of at least 4 members (excludes halogenated alkanes) is 11. The molecule has 0 heterocycles. The number of rotatable bonds is 14. The average Bonchev–Trinajstić information content (AvgIpc) is 2.76. The Hall–Kier alpha value is -1.76. The summed E-state index contributed by atoms with van der Waals surface area (Å²) in [6.45, 7) is 5.20. The summed E-state index contributed by atoms with van der Waals surface area (Å²) in [6.07, 6.45) is 17.4. The number of para-hydroxylation sites is 1. The molecule has 0 saturated carbocycles. The zero-order chi connectivity index (χ0) is 20.1. The Morgan fingerprint density at radius 2 is 0.893 bits per heavy atom. The van der Waals surface area contributed by atoms with Gasteiger partial charge in [0.05, 0.1) is 0 Å². The second kappa shape index (κ2) is 18.6. The van der Waals surface area contributed by atoms with Gasteiger partial charge in [0.1, 0.15) is 12.4 Å². The van der Waals surface area contributed by atoms with E-state index in [2.05, 4.69) is 26.0 Å². The van der Waals surface area contributed by atoms with Gasteiger partial charge in [0.15, 0.2) is 0 Å². The molecule has 0 radical (unpaired) electrons. The molecule has 0 aliphatic carbocycles. The van der Waals surface area contributed by atoms with Crippen LogP contribution < -0.4 is 4.74 Å². The number of hydrogen-bond donors (Lipinski definition) is 0. The summed E-state index contributed by atoms with van der Waals surface area (Å²) in [5.74, 6) is 0.913. The van der Waals surface area contributed by atoms with E-state index in [9.17, 15) is 0 Å². The van der Waals surface area contributed by atoms with E-state index < -0.39 is 0 Å². The molecule has 0 fully saturated rings. The minimum Gasteiger partial charge on any atom is -0.489 e. The minimum atomic E-state index is 0.630. The highest BCUT2D eigenvalue weighted by Crippen LogP contribution is 2.12. The largest absolute Gasteiger partial charge is 0.489 e. The van der Waals surface area contributed by atoms with E-state index in [0.717, 1.165) is 5.75 Å². The average molecular weight is 383 g/mol. The lowest BCUT2D eigenvalue weighted by Crippen LogP contribution is -1.94. The fourth-order valence-corrected chi connectivity index (χ4v) is 3.17. The van der Waals surface area contributed by atoms with E-state index in [0.29, 0.717) is 6.61 Å². The standard InChI is InChI=1S/C14H30.C13H12O/c1-3-5-7-9-11-13-14-12-10-8-6-4-2;1-3-7-12(8-4-1)11-14-13-9-5-2-6-10-13/h3-14H2,1-2H3;1-10H,11H2. The monoisotopic (exact) mass is 382 g/mol. The van der Waals surface area contributed by atoms with Gasteiger partial charge in [-0.1, -0.05) is 139 Å². The molecule has 0 atom stereocenters. The highest BCUT2D eigenvalue weighted by Gasteiger charge is 1.93. The van der Waals surface area contributed by atoms with Crippen LogP contribution in [0, 0.1) is 0 Å². The molecule has 2 rings (SSSR count). The number of ether oxygens (including phenoxy) is 1. The first-order valence-electron chi connectivity index (χ1n) is 11.6. The summed E-state index contributed by atoms with van der Waals surface area (Å²) in [7, 11) is 0. The molecule has 0 spiro atoms. The van der Waals surface area contributed by atoms with Crippen LogP contribution in [0.2, 0.25) is 0 Å². The Morgan fingerprint density at radius 3 is 1.32 bits per heavy atom. The van der Waals surface area contributed by atoms with Crippen molar-refractivity contribution in [2.24, 2.45) is 0 Å². The Balaban J connectivity index is 0.000000280. The molecule has 0 aromatic heterocycles. The normalized spacial score (nSPS) is 10.2. The van der Waals surface area contributed by atoms with E-state index in [-0.39, 0.29) is 0 Å². The third-order valence-electron chi connectivity index (χ3n) is 4.95. The van der Waals surface area contributed by atoms with E-state index in [1.165, 1.54) is 82.6 Å². The first kappa shape index (κ1) is 24.3. The summed E-state index contributed by atoms with van der Waals surface area (Å²) < 4.78 is 5.59. The summed E-state index contributed by atoms with van der Waals surface area (Å²) >= 11 is 0. The maximum absolute atomic E-state index is 5.59. The van der Waals surface area contributed by atoms with Crippen molar-refractivity contribution in [2.75, 3.05) is 0 Å². The third-order valence-corrected chi connectivity index (χ3v) is 4.95. The molecule has 28 heavy (non-hydrogen) atoms. The second-order valence-corrected chi connectivity index (χ2v) is 7.62. The van der Waals surface area contributed by atoms with Gasteiger partial charge in [-0.15, -0.1) is 0 Å². The Labute approximate surface area is 174 Å². The maximum atomic E-state index is 5.59. The molecular weight excluding hydrogens is 340 g/mol. The molecule has 2 aromatic rings. The van der Waals surface area contributed by atoms with Crippen LogP contribution in [0.1, 0.15) is 96.5 Å². The van der Waals surface area contributed by atoms with Gasteiger partial charge >= 0.3 is 0 Å². The van der Waals surface area contributed by atoms with Crippen LogP contribution >= 0.6 is 0 Å². The van der Waals surface area contributed by atoms with Crippen molar-refractivity contribution < 1.29 is 4.74 Å². The van der Waals surface area contributed by atoms with E-state index in [1.54, 1.807) is 0 Å². The summed E-state index contributed by atoms with van der Waals surface area (Å²) in [5.41, 5.74) is 1.19. The predicted octanol–water partition coefficient (Wildman–Crippen LogP) is 8.97. The van der Waals surface area contributed by atoms with Crippen LogP contribution in [0.15, 0.2) is 60.7 Å². The molecule has 0 aliphatic rings. The molecule has 0 bridgehead atoms. The van der Waals surface area contributed by atoms with Crippen LogP contribution in [-0.4, -0.2) is 0 Å². The molecule has 2 aromatic carbocycles. The van der Waals surface area contributed by atoms with Crippen LogP contribution in [0.3, 0.4) is 0 Å². The predicted molar refractivity (Wildman–Crippen MR) is 124 cm³/mol. The van der Waals surface area contributed by atoms with Gasteiger partial charge in [0.2, 0.25) is 0 Å². The zero-order valence-corrected chi connectivity index (χ0v) is 18.4. The van der Waals surface area contributed by atoms with Gasteiger partial charge in [-0.25, -0.2) is 0 Å². The molecule has 0 amide bonds. The topological polar surface area (TPSA) is 9.23 Å². The molecule has 1 heteroatoms. The van der Waals surface area contributed by atoms with E-state index >= 15 is 0 Å². The van der Waals surface area contributed by atoms with Gasteiger partial charge in [0, 0.05) is 0 Å². The fraction of sp³-hybridized carbons (Fsp3) is 0.556. The van der Waals surface area contributed by atoms with Crippen molar-refractivity contribution >= 4 is 0 Å². The lowest BCUT2D eigenvalue weighted by molar-refractivity contribution is 0.306. The molecule has 1 nitrogen and oxygen atoms in total. The lowest BCUT2D eigenvalue weighted by atomic mass is 10.1.